The Kier molecular flexibility index (Phi) is 3.37. The first-order chi connectivity index (χ1) is 10.6. The van der Waals surface area contributed by atoms with Gasteiger partial charge < -0.3 is 4.74 Å². The van der Waals surface area contributed by atoms with Gasteiger partial charge in [-0.15, -0.1) is 11.3 Å². The molecule has 0 aliphatic carbocycles. The summed E-state index contributed by atoms with van der Waals surface area (Å²) in [5, 5.41) is 2.95. The molecule has 4 rings (SSSR count). The molecule has 0 aromatic carbocycles. The predicted molar refractivity (Wildman–Crippen MR) is 80.2 cm³/mol. The average molecular weight is 338 g/mol. The molecule has 7 nitrogen and oxygen atoms in total. The number of nitrogens with one attached hydrogen (secondary N) is 1. The Morgan fingerprint density at radius 3 is 3.09 bits per heavy atom. The Bertz CT molecular complexity index is 778. The fourth-order valence-corrected chi connectivity index (χ4v) is 4.81. The summed E-state index contributed by atoms with van der Waals surface area (Å²) in [5.41, 5.74) is 0. The Labute approximate surface area is 132 Å². The summed E-state index contributed by atoms with van der Waals surface area (Å²) < 4.78 is 33.4. The van der Waals surface area contributed by atoms with E-state index < -0.39 is 10.0 Å². The number of hydrogen-bond donors (Lipinski definition) is 1. The molecule has 22 heavy (non-hydrogen) atoms. The van der Waals surface area contributed by atoms with Gasteiger partial charge in [-0.25, -0.2) is 23.1 Å². The summed E-state index contributed by atoms with van der Waals surface area (Å²) in [4.78, 5) is 10.6. The molecule has 2 aliphatic rings. The molecule has 0 amide bonds. The molecule has 0 spiro atoms. The number of thiazole rings is 1. The summed E-state index contributed by atoms with van der Waals surface area (Å²) in [6.45, 7) is 1.94. The first-order valence-electron chi connectivity index (χ1n) is 6.86. The number of sulfonamides is 1. The fourth-order valence-electron chi connectivity index (χ4n) is 2.81. The van der Waals surface area contributed by atoms with Gasteiger partial charge in [-0.1, -0.05) is 0 Å². The van der Waals surface area contributed by atoms with Crippen LogP contribution in [-0.4, -0.2) is 48.5 Å². The second-order valence-corrected chi connectivity index (χ2v) is 7.97. The molecule has 1 saturated heterocycles. The highest BCUT2D eigenvalue weighted by atomic mass is 32.2. The van der Waals surface area contributed by atoms with Gasteiger partial charge in [0.15, 0.2) is 0 Å². The first-order valence-corrected chi connectivity index (χ1v) is 9.23. The molecule has 2 aromatic heterocycles. The topological polar surface area (TPSA) is 84.4 Å². The molecule has 0 unspecified atom stereocenters. The highest BCUT2D eigenvalue weighted by Crippen LogP contribution is 2.29. The number of ether oxygens (including phenoxy) is 1. The van der Waals surface area contributed by atoms with Crippen molar-refractivity contribution in [3.63, 3.8) is 0 Å². The van der Waals surface area contributed by atoms with Crippen LogP contribution < -0.4 is 9.46 Å². The third kappa shape index (κ3) is 2.50. The number of hydrogen-bond acceptors (Lipinski definition) is 7. The van der Waals surface area contributed by atoms with Crippen molar-refractivity contribution >= 4 is 21.4 Å². The molecule has 9 heteroatoms. The van der Waals surface area contributed by atoms with Crippen LogP contribution in [0.1, 0.15) is 5.01 Å². The van der Waals surface area contributed by atoms with Crippen LogP contribution in [0.5, 0.6) is 5.88 Å². The van der Waals surface area contributed by atoms with Crippen LogP contribution in [0, 0.1) is 0 Å². The second-order valence-electron chi connectivity index (χ2n) is 5.31. The van der Waals surface area contributed by atoms with E-state index >= 15 is 0 Å². The van der Waals surface area contributed by atoms with Gasteiger partial charge in [0.25, 0.3) is 0 Å². The molecule has 0 radical (unpaired) electrons. The summed E-state index contributed by atoms with van der Waals surface area (Å²) in [6, 6.07) is 2.83. The Balaban J connectivity index is 1.59. The van der Waals surface area contributed by atoms with E-state index in [-0.39, 0.29) is 22.9 Å². The first kappa shape index (κ1) is 14.1. The molecule has 2 aromatic rings. The van der Waals surface area contributed by atoms with Crippen LogP contribution >= 0.6 is 11.3 Å². The van der Waals surface area contributed by atoms with Crippen molar-refractivity contribution in [2.45, 2.75) is 23.6 Å². The molecule has 2 aliphatic heterocycles. The molecule has 1 N–H and O–H groups in total. The van der Waals surface area contributed by atoms with Gasteiger partial charge in [-0.2, -0.15) is 0 Å². The predicted octanol–water partition coefficient (Wildman–Crippen LogP) is 0.462. The van der Waals surface area contributed by atoms with E-state index in [1.165, 1.54) is 12.3 Å². The van der Waals surface area contributed by atoms with Gasteiger partial charge in [0.2, 0.25) is 15.9 Å². The smallest absolute Gasteiger partial charge is 0.246 e. The fraction of sp³-hybridized carbons (Fsp3) is 0.385. The molecular formula is C13H14N4O3S2. The molecule has 116 valence electrons. The summed E-state index contributed by atoms with van der Waals surface area (Å²) in [7, 11) is -3.60. The van der Waals surface area contributed by atoms with E-state index in [0.29, 0.717) is 19.6 Å². The standard InChI is InChI=1S/C13H14N4O3S2/c18-22(19)11-2-1-3-15-13(11)20-10-7-17(6-9(10)16-22)8-12-14-4-5-21-12/h1-5,9-10,16H,6-8H2/t9-,10+/m1/s1. The lowest BCUT2D eigenvalue weighted by atomic mass is 10.2. The number of aromatic nitrogens is 2. The van der Waals surface area contributed by atoms with E-state index in [2.05, 4.69) is 19.6 Å². The Morgan fingerprint density at radius 2 is 2.27 bits per heavy atom. The molecule has 0 bridgehead atoms. The summed E-state index contributed by atoms with van der Waals surface area (Å²) >= 11 is 1.59. The van der Waals surface area contributed by atoms with Crippen molar-refractivity contribution in [1.82, 2.24) is 19.6 Å². The molecule has 1 fully saturated rings. The monoisotopic (exact) mass is 338 g/mol. The van der Waals surface area contributed by atoms with Gasteiger partial charge in [0.05, 0.1) is 12.6 Å². The van der Waals surface area contributed by atoms with Crippen LogP contribution in [0.25, 0.3) is 0 Å². The summed E-state index contributed by atoms with van der Waals surface area (Å²) in [6.07, 6.45) is 3.07. The molecule has 2 atom stereocenters. The van der Waals surface area contributed by atoms with Crippen molar-refractivity contribution < 1.29 is 13.2 Å². The lowest BCUT2D eigenvalue weighted by Crippen LogP contribution is -2.42. The van der Waals surface area contributed by atoms with Crippen LogP contribution in [0.4, 0.5) is 0 Å². The molecule has 4 heterocycles. The van der Waals surface area contributed by atoms with E-state index in [9.17, 15) is 8.42 Å². The highest BCUT2D eigenvalue weighted by Gasteiger charge is 2.41. The third-order valence-corrected chi connectivity index (χ3v) is 6.05. The van der Waals surface area contributed by atoms with Crippen LogP contribution in [0.2, 0.25) is 0 Å². The van der Waals surface area contributed by atoms with E-state index in [4.69, 9.17) is 4.74 Å². The number of fused-ring (bicyclic) bond motifs is 2. The van der Waals surface area contributed by atoms with Crippen LogP contribution in [0.15, 0.2) is 34.8 Å². The average Bonchev–Trinajstić information content (AvgIpc) is 3.08. The summed E-state index contributed by atoms with van der Waals surface area (Å²) in [5.74, 6) is 0.179. The zero-order valence-electron chi connectivity index (χ0n) is 11.5. The lowest BCUT2D eigenvalue weighted by molar-refractivity contribution is 0.176. The zero-order chi connectivity index (χ0) is 15.2. The van der Waals surface area contributed by atoms with Crippen LogP contribution in [-0.2, 0) is 16.6 Å². The van der Waals surface area contributed by atoms with Gasteiger partial charge in [-0.05, 0) is 12.1 Å². The number of likely N-dealkylation sites (tertiary alicyclic amines) is 1. The number of nitrogens with zero attached hydrogens (tertiary/aromatic N) is 3. The maximum absolute atomic E-state index is 12.4. The largest absolute Gasteiger partial charge is 0.470 e. The van der Waals surface area contributed by atoms with Crippen LogP contribution in [0.3, 0.4) is 0 Å². The Hall–Kier alpha value is -1.55. The molecular weight excluding hydrogens is 324 g/mol. The minimum atomic E-state index is -3.60. The minimum absolute atomic E-state index is 0.107. The van der Waals surface area contributed by atoms with Gasteiger partial charge in [-0.3, -0.25) is 4.90 Å². The van der Waals surface area contributed by atoms with Crippen molar-refractivity contribution in [1.29, 1.82) is 0 Å². The van der Waals surface area contributed by atoms with Crippen molar-refractivity contribution in [3.05, 3.63) is 34.9 Å². The number of pyridine rings is 1. The van der Waals surface area contributed by atoms with Gasteiger partial charge in [0.1, 0.15) is 16.0 Å². The van der Waals surface area contributed by atoms with E-state index in [0.717, 1.165) is 5.01 Å². The van der Waals surface area contributed by atoms with E-state index in [1.807, 2.05) is 5.38 Å². The van der Waals surface area contributed by atoms with Crippen molar-refractivity contribution in [2.24, 2.45) is 0 Å². The maximum atomic E-state index is 12.4. The molecule has 0 saturated carbocycles. The zero-order valence-corrected chi connectivity index (χ0v) is 13.2. The third-order valence-electron chi connectivity index (χ3n) is 3.78. The lowest BCUT2D eigenvalue weighted by Gasteiger charge is -2.15. The highest BCUT2D eigenvalue weighted by molar-refractivity contribution is 7.89. The van der Waals surface area contributed by atoms with Gasteiger partial charge in [0, 0.05) is 30.9 Å². The Morgan fingerprint density at radius 1 is 1.36 bits per heavy atom. The quantitative estimate of drug-likeness (QED) is 0.856. The van der Waals surface area contributed by atoms with Crippen molar-refractivity contribution in [3.8, 4) is 5.88 Å². The van der Waals surface area contributed by atoms with E-state index in [1.54, 1.807) is 23.6 Å². The normalized spacial score (nSPS) is 26.7. The van der Waals surface area contributed by atoms with Crippen molar-refractivity contribution in [2.75, 3.05) is 13.1 Å². The maximum Gasteiger partial charge on any atom is 0.246 e. The number of rotatable bonds is 2. The SMILES string of the molecule is O=S1(=O)N[C@@H]2CN(Cc3nccs3)C[C@@H]2Oc2ncccc21. The van der Waals surface area contributed by atoms with Gasteiger partial charge >= 0.3 is 0 Å². The minimum Gasteiger partial charge on any atom is -0.470 e. The second kappa shape index (κ2) is 5.27.